The summed E-state index contributed by atoms with van der Waals surface area (Å²) < 4.78 is 2.47. The van der Waals surface area contributed by atoms with Crippen LogP contribution in [0.3, 0.4) is 0 Å². The number of hydrogen-bond acceptors (Lipinski definition) is 3. The maximum absolute atomic E-state index is 11.1. The van der Waals surface area contributed by atoms with Gasteiger partial charge in [0.1, 0.15) is 0 Å². The minimum atomic E-state index is -0.151. The van der Waals surface area contributed by atoms with Gasteiger partial charge in [0.05, 0.1) is 11.0 Å². The number of aromatic amines is 1. The number of hydrogen-bond donors (Lipinski definition) is 0. The van der Waals surface area contributed by atoms with Crippen LogP contribution in [0.2, 0.25) is 0 Å². The van der Waals surface area contributed by atoms with Crippen molar-refractivity contribution in [3.8, 4) is 78.2 Å². The molecule has 5 nitrogen and oxygen atoms in total. The molecular weight excluding hydrogens is 1290 g/mol. The summed E-state index contributed by atoms with van der Waals surface area (Å²) in [5, 5.41) is 19.7. The van der Waals surface area contributed by atoms with Gasteiger partial charge in [-0.3, -0.25) is 9.97 Å². The quantitative estimate of drug-likeness (QED) is 0.107. The summed E-state index contributed by atoms with van der Waals surface area (Å²) >= 11 is 0. The molecule has 1 aliphatic carbocycles. The predicted octanol–water partition coefficient (Wildman–Crippen LogP) is 19.5. The maximum Gasteiger partial charge on any atom is 1.00 e. The van der Waals surface area contributed by atoms with E-state index >= 15 is 0 Å². The molecule has 107 heavy (non-hydrogen) atoms. The van der Waals surface area contributed by atoms with Crippen molar-refractivity contribution in [1.82, 2.24) is 14.5 Å². The minimum Gasteiger partial charge on any atom is -0.868 e. The van der Waals surface area contributed by atoms with Crippen LogP contribution in [-0.2, 0) is 5.41 Å². The minimum absolute atomic E-state index is 0. The van der Waals surface area contributed by atoms with Crippen LogP contribution in [0, 0.1) is 69.2 Å². The number of benzene rings is 13. The number of para-hydroxylation sites is 1. The molecule has 4 aromatic heterocycles. The summed E-state index contributed by atoms with van der Waals surface area (Å²) in [6.07, 6.45) is 9.47. The Hall–Kier alpha value is -11.6. The van der Waals surface area contributed by atoms with E-state index in [-0.39, 0.29) is 36.7 Å². The fourth-order valence-corrected chi connectivity index (χ4v) is 17.2. The van der Waals surface area contributed by atoms with E-state index in [2.05, 4.69) is 333 Å². The smallest absolute Gasteiger partial charge is 0.868 e. The maximum atomic E-state index is 11.1. The molecule has 1 aliphatic rings. The Morgan fingerprint density at radius 3 is 1.37 bits per heavy atom. The van der Waals surface area contributed by atoms with Crippen molar-refractivity contribution in [1.29, 1.82) is 0 Å². The molecule has 0 aliphatic heterocycles. The topological polar surface area (TPSA) is 67.9 Å². The number of fused-ring (bicyclic) bond motifs is 9. The molecule has 0 saturated carbocycles. The summed E-state index contributed by atoms with van der Waals surface area (Å²) in [5.41, 5.74) is 38.9. The second kappa shape index (κ2) is 29.0. The molecule has 514 valence electrons. The van der Waals surface area contributed by atoms with Crippen LogP contribution < -0.4 is 45.3 Å². The Labute approximate surface area is 641 Å². The number of nitrogens with one attached hydrogen (secondary N) is 1. The first-order chi connectivity index (χ1) is 51.3. The monoisotopic (exact) mass is 1380 g/mol. The Morgan fingerprint density at radius 1 is 0.346 bits per heavy atom. The third kappa shape index (κ3) is 13.4. The second-order valence-corrected chi connectivity index (χ2v) is 30.1. The number of nitrogens with zero attached hydrogens (tertiary/aromatic N) is 3. The zero-order valence-corrected chi connectivity index (χ0v) is 63.5. The first-order valence-electron chi connectivity index (χ1n) is 37.0. The number of H-pyrrole nitrogens is 1. The standard InChI is InChI=1S/C47H46BN.C44H32N2.C9H7NO.Li/c1-27-11-17-43-39(23-27)40-24-28(2)12-18-44(40)49(43)36-14-16-38-37-15-13-35(25-41(37)47(9,10)42(38)26-36)48(45-31(5)19-29(3)20-32(45)6)46-33(7)21-30(4)22-34(46)8;1-29-20-37(27-45-25-29)32-12-8-14-35(22-32)43-39-16-6-7-17-40(39)44(36-15-9-13-33(23-36)38-21-30(2)26-46-28-38)42-24-34(18-19-41(42)43)31-10-4-3-5-11-31;11-8-5-1-3-7-4-2-6-10-9(7)8;/h11-26H,1-10H3;3-28H,1-2H3;1-6,11H;/q;;;+1. The third-order valence-electron chi connectivity index (χ3n) is 21.9. The van der Waals surface area contributed by atoms with Gasteiger partial charge in [-0.25, -0.2) is 4.98 Å². The van der Waals surface area contributed by atoms with Crippen LogP contribution in [-0.4, -0.2) is 21.2 Å². The average molecular weight is 1380 g/mol. The predicted molar refractivity (Wildman–Crippen MR) is 447 cm³/mol. The van der Waals surface area contributed by atoms with Crippen molar-refractivity contribution >= 4 is 77.4 Å². The van der Waals surface area contributed by atoms with Crippen LogP contribution in [0.1, 0.15) is 80.6 Å². The molecular formula is C100H85BLiN4O+. The van der Waals surface area contributed by atoms with E-state index in [1.54, 1.807) is 18.3 Å². The number of aromatic nitrogens is 4. The molecule has 0 spiro atoms. The molecule has 4 heterocycles. The van der Waals surface area contributed by atoms with Gasteiger partial charge in [0, 0.05) is 69.2 Å². The fourth-order valence-electron chi connectivity index (χ4n) is 17.2. The molecule has 18 rings (SSSR count). The molecule has 0 radical (unpaired) electrons. The van der Waals surface area contributed by atoms with E-state index in [1.165, 1.54) is 166 Å². The summed E-state index contributed by atoms with van der Waals surface area (Å²) in [7, 11) is 0. The number of aryl methyl sites for hydroxylation is 10. The van der Waals surface area contributed by atoms with Gasteiger partial charge in [0.25, 0.3) is 0 Å². The SMILES string of the molecule is Cc1cc(C)c(B(c2ccc3c(c2)C(C)(C)c2cc(-n4c5ccc(C)cc5c5cc(C)ccc54)ccc2-3)c2c(C)cc(C)cc2C)c(C)c1.Cc1cncc(-c2cccc(-c3c4ccccc4c(-c4cccc(-c5cncc(C)c5)c4)c4cc(-c5ccccc5)ccc34)c2)c1.[Li+].[O-]c1cccc2ccc[nH+]c12. The molecule has 13 aromatic carbocycles. The van der Waals surface area contributed by atoms with E-state index in [0.29, 0.717) is 5.52 Å². The van der Waals surface area contributed by atoms with E-state index in [4.69, 9.17) is 0 Å². The van der Waals surface area contributed by atoms with Gasteiger partial charge >= 0.3 is 18.9 Å². The second-order valence-electron chi connectivity index (χ2n) is 30.1. The summed E-state index contributed by atoms with van der Waals surface area (Å²) in [6, 6.07) is 95.5. The van der Waals surface area contributed by atoms with E-state index < -0.39 is 0 Å². The Morgan fingerprint density at radius 2 is 0.822 bits per heavy atom. The molecule has 7 heteroatoms. The first-order valence-corrected chi connectivity index (χ1v) is 37.0. The number of pyridine rings is 3. The summed E-state index contributed by atoms with van der Waals surface area (Å²) in [5.74, 6) is 0.0445. The normalized spacial score (nSPS) is 12.0. The molecule has 1 N–H and O–H groups in total. The summed E-state index contributed by atoms with van der Waals surface area (Å²) in [4.78, 5) is 11.9. The molecule has 0 fully saturated rings. The molecule has 17 aromatic rings. The Balaban J connectivity index is 0.000000148. The largest absolute Gasteiger partial charge is 1.00 e. The van der Waals surface area contributed by atoms with Crippen molar-refractivity contribution in [3.63, 3.8) is 0 Å². The van der Waals surface area contributed by atoms with Crippen LogP contribution in [0.4, 0.5) is 0 Å². The molecule has 0 unspecified atom stereocenters. The van der Waals surface area contributed by atoms with Crippen molar-refractivity contribution in [3.05, 3.63) is 359 Å². The van der Waals surface area contributed by atoms with Crippen molar-refractivity contribution in [2.24, 2.45) is 0 Å². The Bertz CT molecular complexity index is 6180. The van der Waals surface area contributed by atoms with Gasteiger partial charge in [-0.2, -0.15) is 0 Å². The van der Waals surface area contributed by atoms with Gasteiger partial charge in [-0.05, 0) is 253 Å². The van der Waals surface area contributed by atoms with Crippen LogP contribution in [0.15, 0.2) is 292 Å². The van der Waals surface area contributed by atoms with Crippen molar-refractivity contribution in [2.45, 2.75) is 88.5 Å². The number of rotatable bonds is 9. The Kier molecular flexibility index (Phi) is 19.2. The molecule has 0 bridgehead atoms. The van der Waals surface area contributed by atoms with Crippen LogP contribution in [0.5, 0.6) is 5.75 Å². The van der Waals surface area contributed by atoms with Crippen LogP contribution in [0.25, 0.3) is 127 Å². The van der Waals surface area contributed by atoms with E-state index in [9.17, 15) is 5.11 Å². The van der Waals surface area contributed by atoms with Gasteiger partial charge in [0.15, 0.2) is 6.20 Å². The summed E-state index contributed by atoms with van der Waals surface area (Å²) in [6.45, 7) is 27.2. The van der Waals surface area contributed by atoms with Crippen LogP contribution >= 0.6 is 0 Å². The zero-order valence-electron chi connectivity index (χ0n) is 63.5. The first kappa shape index (κ1) is 71.0. The van der Waals surface area contributed by atoms with E-state index in [0.717, 1.165) is 38.8 Å². The van der Waals surface area contributed by atoms with Gasteiger partial charge in [0.2, 0.25) is 12.2 Å². The van der Waals surface area contributed by atoms with Gasteiger partial charge in [-0.15, -0.1) is 0 Å². The van der Waals surface area contributed by atoms with E-state index in [1.807, 2.05) is 43.0 Å². The van der Waals surface area contributed by atoms with Crippen molar-refractivity contribution < 1.29 is 29.0 Å². The zero-order chi connectivity index (χ0) is 73.2. The van der Waals surface area contributed by atoms with Gasteiger partial charge in [-0.1, -0.05) is 251 Å². The molecule has 0 atom stereocenters. The third-order valence-corrected chi connectivity index (χ3v) is 21.9. The molecule has 0 amide bonds. The fraction of sp³-hybridized carbons (Fsp3) is 0.130. The van der Waals surface area contributed by atoms with Crippen molar-refractivity contribution in [2.75, 3.05) is 0 Å². The molecule has 0 saturated heterocycles. The van der Waals surface area contributed by atoms with Gasteiger partial charge < -0.3 is 9.67 Å². The average Bonchev–Trinajstić information content (AvgIpc) is 1.16.